The quantitative estimate of drug-likeness (QED) is 0.781. The molecular weight excluding hydrogens is 198 g/mol. The van der Waals surface area contributed by atoms with Crippen LogP contribution in [0.25, 0.3) is 0 Å². The van der Waals surface area contributed by atoms with Crippen molar-refractivity contribution in [2.24, 2.45) is 0 Å². The predicted octanol–water partition coefficient (Wildman–Crippen LogP) is 3.12. The lowest BCUT2D eigenvalue weighted by Crippen LogP contribution is -2.30. The van der Waals surface area contributed by atoms with Crippen molar-refractivity contribution >= 4 is 17.4 Å². The van der Waals surface area contributed by atoms with E-state index in [1.54, 1.807) is 6.20 Å². The van der Waals surface area contributed by atoms with E-state index in [-0.39, 0.29) is 10.8 Å². The average molecular weight is 214 g/mol. The number of aromatic nitrogens is 2. The van der Waals surface area contributed by atoms with Crippen molar-refractivity contribution in [1.29, 1.82) is 0 Å². The maximum atomic E-state index is 5.69. The fraction of sp³-hybridized carbons (Fsp3) is 0.600. The van der Waals surface area contributed by atoms with Gasteiger partial charge in [0.15, 0.2) is 0 Å². The van der Waals surface area contributed by atoms with Gasteiger partial charge in [0.25, 0.3) is 0 Å². The molecule has 0 bridgehead atoms. The van der Waals surface area contributed by atoms with Crippen LogP contribution < -0.4 is 5.32 Å². The summed E-state index contributed by atoms with van der Waals surface area (Å²) in [7, 11) is 0. The molecular formula is C10H16ClN3. The second kappa shape index (κ2) is 4.60. The SMILES string of the molecule is CCCC(C)(C)Nc1ccnc(Cl)n1. The molecule has 1 aromatic rings. The van der Waals surface area contributed by atoms with Crippen LogP contribution in [0.3, 0.4) is 0 Å². The van der Waals surface area contributed by atoms with Crippen LogP contribution in [-0.2, 0) is 0 Å². The predicted molar refractivity (Wildman–Crippen MR) is 59.7 cm³/mol. The van der Waals surface area contributed by atoms with Gasteiger partial charge in [-0.05, 0) is 37.9 Å². The Bertz CT molecular complexity index is 299. The van der Waals surface area contributed by atoms with E-state index < -0.39 is 0 Å². The van der Waals surface area contributed by atoms with E-state index in [1.807, 2.05) is 6.07 Å². The average Bonchev–Trinajstić information content (AvgIpc) is 2.02. The number of halogens is 1. The Morgan fingerprint density at radius 1 is 1.50 bits per heavy atom. The van der Waals surface area contributed by atoms with E-state index in [4.69, 9.17) is 11.6 Å². The Morgan fingerprint density at radius 3 is 2.79 bits per heavy atom. The molecule has 0 saturated carbocycles. The van der Waals surface area contributed by atoms with Gasteiger partial charge >= 0.3 is 0 Å². The Morgan fingerprint density at radius 2 is 2.21 bits per heavy atom. The molecule has 0 spiro atoms. The third-order valence-electron chi connectivity index (χ3n) is 1.97. The molecule has 1 aromatic heterocycles. The molecule has 0 aliphatic carbocycles. The number of nitrogens with zero attached hydrogens (tertiary/aromatic N) is 2. The van der Waals surface area contributed by atoms with Crippen LogP contribution in [0, 0.1) is 0 Å². The minimum absolute atomic E-state index is 0.0480. The van der Waals surface area contributed by atoms with Crippen LogP contribution >= 0.6 is 11.6 Å². The van der Waals surface area contributed by atoms with Crippen molar-refractivity contribution < 1.29 is 0 Å². The van der Waals surface area contributed by atoms with E-state index in [0.717, 1.165) is 18.7 Å². The van der Waals surface area contributed by atoms with Gasteiger partial charge in [-0.1, -0.05) is 13.3 Å². The van der Waals surface area contributed by atoms with Gasteiger partial charge in [-0.2, -0.15) is 0 Å². The first kappa shape index (κ1) is 11.2. The molecule has 78 valence electrons. The normalized spacial score (nSPS) is 11.4. The van der Waals surface area contributed by atoms with Crippen molar-refractivity contribution in [3.63, 3.8) is 0 Å². The largest absolute Gasteiger partial charge is 0.365 e. The van der Waals surface area contributed by atoms with Crippen LogP contribution in [0.5, 0.6) is 0 Å². The molecule has 0 aliphatic rings. The summed E-state index contributed by atoms with van der Waals surface area (Å²) in [5.74, 6) is 0.781. The van der Waals surface area contributed by atoms with Crippen molar-refractivity contribution in [2.45, 2.75) is 39.2 Å². The first-order valence-electron chi connectivity index (χ1n) is 4.80. The first-order valence-corrected chi connectivity index (χ1v) is 5.18. The highest BCUT2D eigenvalue weighted by molar-refractivity contribution is 6.28. The highest BCUT2D eigenvalue weighted by Crippen LogP contribution is 2.18. The lowest BCUT2D eigenvalue weighted by Gasteiger charge is -2.26. The minimum Gasteiger partial charge on any atom is -0.365 e. The summed E-state index contributed by atoms with van der Waals surface area (Å²) in [5, 5.41) is 3.60. The number of hydrogen-bond donors (Lipinski definition) is 1. The number of hydrogen-bond acceptors (Lipinski definition) is 3. The lowest BCUT2D eigenvalue weighted by molar-refractivity contribution is 0.509. The summed E-state index contributed by atoms with van der Waals surface area (Å²) in [6.07, 6.45) is 3.88. The zero-order chi connectivity index (χ0) is 10.6. The second-order valence-corrected chi connectivity index (χ2v) is 4.31. The summed E-state index contributed by atoms with van der Waals surface area (Å²) in [5.41, 5.74) is 0.0480. The first-order chi connectivity index (χ1) is 6.53. The second-order valence-electron chi connectivity index (χ2n) is 3.97. The molecule has 0 aliphatic heterocycles. The zero-order valence-corrected chi connectivity index (χ0v) is 9.60. The van der Waals surface area contributed by atoms with Gasteiger partial charge < -0.3 is 5.32 Å². The molecule has 14 heavy (non-hydrogen) atoms. The summed E-state index contributed by atoms with van der Waals surface area (Å²) >= 11 is 5.69. The lowest BCUT2D eigenvalue weighted by atomic mass is 9.99. The van der Waals surface area contributed by atoms with E-state index in [0.29, 0.717) is 0 Å². The molecule has 0 atom stereocenters. The molecule has 0 radical (unpaired) electrons. The minimum atomic E-state index is 0.0480. The summed E-state index contributed by atoms with van der Waals surface area (Å²) in [4.78, 5) is 7.91. The van der Waals surface area contributed by atoms with Gasteiger partial charge in [-0.3, -0.25) is 0 Å². The Labute approximate surface area is 89.9 Å². The molecule has 1 rings (SSSR count). The van der Waals surface area contributed by atoms with Crippen LogP contribution in [-0.4, -0.2) is 15.5 Å². The maximum absolute atomic E-state index is 5.69. The monoisotopic (exact) mass is 213 g/mol. The van der Waals surface area contributed by atoms with E-state index in [9.17, 15) is 0 Å². The molecule has 0 aromatic carbocycles. The van der Waals surface area contributed by atoms with Crippen LogP contribution in [0.15, 0.2) is 12.3 Å². The molecule has 0 fully saturated rings. The van der Waals surface area contributed by atoms with Crippen molar-refractivity contribution in [1.82, 2.24) is 9.97 Å². The highest BCUT2D eigenvalue weighted by atomic mass is 35.5. The van der Waals surface area contributed by atoms with E-state index >= 15 is 0 Å². The van der Waals surface area contributed by atoms with Crippen LogP contribution in [0.4, 0.5) is 5.82 Å². The molecule has 4 heteroatoms. The third-order valence-corrected chi connectivity index (χ3v) is 2.15. The third kappa shape index (κ3) is 3.50. The summed E-state index contributed by atoms with van der Waals surface area (Å²) < 4.78 is 0. The maximum Gasteiger partial charge on any atom is 0.224 e. The van der Waals surface area contributed by atoms with E-state index in [1.165, 1.54) is 0 Å². The highest BCUT2D eigenvalue weighted by Gasteiger charge is 2.16. The standard InChI is InChI=1S/C10H16ClN3/c1-4-6-10(2,3)14-8-5-7-12-9(11)13-8/h5,7H,4,6H2,1-3H3,(H,12,13,14). The van der Waals surface area contributed by atoms with Gasteiger partial charge in [0.05, 0.1) is 0 Å². The zero-order valence-electron chi connectivity index (χ0n) is 8.84. The fourth-order valence-corrected chi connectivity index (χ4v) is 1.59. The summed E-state index contributed by atoms with van der Waals surface area (Å²) in [6.45, 7) is 6.45. The van der Waals surface area contributed by atoms with Gasteiger partial charge in [0.2, 0.25) is 5.28 Å². The Kier molecular flexibility index (Phi) is 3.69. The van der Waals surface area contributed by atoms with Crippen LogP contribution in [0.1, 0.15) is 33.6 Å². The Balaban J connectivity index is 2.68. The topological polar surface area (TPSA) is 37.8 Å². The number of rotatable bonds is 4. The molecule has 0 saturated heterocycles. The number of nitrogens with one attached hydrogen (secondary N) is 1. The van der Waals surface area contributed by atoms with Gasteiger partial charge in [0.1, 0.15) is 5.82 Å². The van der Waals surface area contributed by atoms with Crippen molar-refractivity contribution in [3.05, 3.63) is 17.5 Å². The van der Waals surface area contributed by atoms with Crippen LogP contribution in [0.2, 0.25) is 5.28 Å². The van der Waals surface area contributed by atoms with Crippen molar-refractivity contribution in [2.75, 3.05) is 5.32 Å². The van der Waals surface area contributed by atoms with Gasteiger partial charge in [-0.25, -0.2) is 9.97 Å². The summed E-state index contributed by atoms with van der Waals surface area (Å²) in [6, 6.07) is 1.82. The molecule has 0 amide bonds. The smallest absolute Gasteiger partial charge is 0.224 e. The molecule has 3 nitrogen and oxygen atoms in total. The van der Waals surface area contributed by atoms with Gasteiger partial charge in [0, 0.05) is 11.7 Å². The van der Waals surface area contributed by atoms with Crippen molar-refractivity contribution in [3.8, 4) is 0 Å². The molecule has 1 heterocycles. The molecule has 0 unspecified atom stereocenters. The number of anilines is 1. The Hall–Kier alpha value is -0.830. The van der Waals surface area contributed by atoms with Gasteiger partial charge in [-0.15, -0.1) is 0 Å². The fourth-order valence-electron chi connectivity index (χ4n) is 1.44. The molecule has 1 N–H and O–H groups in total. The van der Waals surface area contributed by atoms with E-state index in [2.05, 4.69) is 36.1 Å².